The van der Waals surface area contributed by atoms with Crippen LogP contribution in [0.5, 0.6) is 5.75 Å². The number of thiophene rings is 1. The topological polar surface area (TPSA) is 271 Å². The molecule has 19 nitrogen and oxygen atoms in total. The summed E-state index contributed by atoms with van der Waals surface area (Å²) in [4.78, 5) is 89.6. The molecule has 31 heteroatoms. The van der Waals surface area contributed by atoms with Crippen molar-refractivity contribution in [1.82, 2.24) is 10.6 Å². The summed E-state index contributed by atoms with van der Waals surface area (Å²) < 4.78 is 20.8. The number of hydrogen-bond acceptors (Lipinski definition) is 12. The standard InChI is InChI=1S/C23H14Br2N2O.C21H19Br2IN2O4.C20H13Br2NOS.C19H16Br2N2O3.C17H10Br2N2O.CH4/c1-13-20(24)9-14(10-21(13)25)8-19-18-11-15(6-7-22(18)27-23(19)28)17-5-3-2-4-16(17)12-26;1-2-6-29-7-5-25-21(28)30-19-16(22)9-12(10-17(19)23)8-15-14-11-13(24)3-4-18(14)26-20(15)27;1-11-17(21)7-12(8-18(11)22)6-16-15-9-13(14-4-5-25-10-14)2-3-19(15)23-20(16)24;1-10-15(20)7-11(8-16(10)21)6-14-13-9-12(18(25)22-4-5-24)2-3-17(13)23-19(14)26;1-9-14(18)6-10(7-15(9)19)5-13-12-4-3-11(20-2)8-16(12)21-17(13)22;/h2-11H,1H3,(H,27,28);3-4,8-11H,2,5-7H2,1H3,(H,25,28)(H,26,27);2-10H,1H3,(H,23,24);2-3,6-9,24H,4-5H2,1H3,(H,22,25)(H,23,26);3-8H,1H3,(H,21,22);1H4. The monoisotopic (exact) mass is 2520 g/mol. The number of nitrogens with zero attached hydrogens (tertiary/aromatic N) is 2. The fourth-order valence-electron chi connectivity index (χ4n) is 13.9. The molecule has 11 aromatic carbocycles. The van der Waals surface area contributed by atoms with Crippen LogP contribution in [0.3, 0.4) is 0 Å². The molecule has 0 radical (unpaired) electrons. The molecule has 0 saturated carbocycles. The van der Waals surface area contributed by atoms with E-state index in [1.54, 1.807) is 65.9 Å². The lowest BCUT2D eigenvalue weighted by atomic mass is 9.96. The van der Waals surface area contributed by atoms with Gasteiger partial charge in [0.05, 0.1) is 40.4 Å². The Kier molecular flexibility index (Phi) is 35.3. The van der Waals surface area contributed by atoms with Crippen molar-refractivity contribution in [2.45, 2.75) is 48.5 Å². The van der Waals surface area contributed by atoms with Crippen LogP contribution in [0.15, 0.2) is 237 Å². The second kappa shape index (κ2) is 46.1. The molecule has 668 valence electrons. The van der Waals surface area contributed by atoms with E-state index in [1.165, 1.54) is 5.56 Å². The molecule has 8 N–H and O–H groups in total. The van der Waals surface area contributed by atoms with E-state index in [9.17, 15) is 38.8 Å². The number of aliphatic hydroxyl groups is 1. The first-order chi connectivity index (χ1) is 62.8. The van der Waals surface area contributed by atoms with E-state index < -0.39 is 6.09 Å². The van der Waals surface area contributed by atoms with Crippen LogP contribution in [0.2, 0.25) is 0 Å². The Morgan fingerprint density at radius 1 is 0.455 bits per heavy atom. The molecule has 7 amide bonds. The predicted octanol–water partition coefficient (Wildman–Crippen LogP) is 29.1. The quantitative estimate of drug-likeness (QED) is 0.0195. The second-order valence-electron chi connectivity index (χ2n) is 29.7. The summed E-state index contributed by atoms with van der Waals surface area (Å²) in [6.07, 6.45) is 9.64. The number of carbonyl (C=O) groups excluding carboxylic acids is 7. The van der Waals surface area contributed by atoms with E-state index in [-0.39, 0.29) is 56.0 Å². The predicted molar refractivity (Wildman–Crippen MR) is 577 cm³/mol. The average molecular weight is 2530 g/mol. The summed E-state index contributed by atoms with van der Waals surface area (Å²) in [7, 11) is 0. The molecule has 12 aromatic rings. The number of ether oxygens (including phenoxy) is 2. The normalized spacial score (nSPS) is 14.1. The molecule has 0 atom stereocenters. The van der Waals surface area contributed by atoms with Gasteiger partial charge in [-0.3, -0.25) is 28.8 Å². The van der Waals surface area contributed by atoms with Crippen molar-refractivity contribution in [3.8, 4) is 34.1 Å². The fourth-order valence-corrected chi connectivity index (χ4v) is 21.3. The SMILES string of the molecule is C.CCCOCCNC(=O)Oc1c(Br)cc(C=C2C(=O)Nc3ccc(I)cc32)cc1Br.Cc1c(Br)cc(C=C2C(=O)Nc3ccc(-c4ccccc4C#N)cc32)cc1Br.Cc1c(Br)cc(C=C2C(=O)Nc3ccc(-c4ccsc4)cc32)cc1Br.Cc1c(Br)cc(C=C2C(=O)Nc3ccc(C(=O)NCCO)cc32)cc1Br.[C-]#[N+]c1ccc2c(c1)NC(=O)C2=Cc1cc(Br)c(C)c(Br)c1. The lowest BCUT2D eigenvalue weighted by molar-refractivity contribution is -0.111. The van der Waals surface area contributed by atoms with Crippen molar-refractivity contribution >= 4 is 327 Å². The molecule has 0 bridgehead atoms. The number of fused-ring (bicyclic) bond motifs is 5. The first-order valence-electron chi connectivity index (χ1n) is 40.0. The number of aliphatic hydroxyl groups excluding tert-OH is 1. The Morgan fingerprint density at radius 2 is 0.856 bits per heavy atom. The second-order valence-corrected chi connectivity index (χ2v) is 40.3. The van der Waals surface area contributed by atoms with E-state index in [1.807, 2.05) is 180 Å². The Morgan fingerprint density at radius 3 is 1.29 bits per heavy atom. The third kappa shape index (κ3) is 24.5. The largest absolute Gasteiger partial charge is 0.412 e. The minimum atomic E-state index is -0.568. The minimum Gasteiger partial charge on any atom is -0.408 e. The van der Waals surface area contributed by atoms with Crippen LogP contribution in [0.1, 0.15) is 115 Å². The lowest BCUT2D eigenvalue weighted by Gasteiger charge is -2.11. The Hall–Kier alpha value is -9.66. The Balaban J connectivity index is 0.000000149. The van der Waals surface area contributed by atoms with Crippen LogP contribution in [0, 0.1) is 49.2 Å². The van der Waals surface area contributed by atoms with Crippen molar-refractivity contribution in [1.29, 1.82) is 5.26 Å². The minimum absolute atomic E-state index is 0. The maximum absolute atomic E-state index is 12.6. The molecule has 0 unspecified atom stereocenters. The highest BCUT2D eigenvalue weighted by Crippen LogP contribution is 2.45. The van der Waals surface area contributed by atoms with Crippen molar-refractivity contribution < 1.29 is 48.1 Å². The number of nitriles is 1. The van der Waals surface area contributed by atoms with Gasteiger partial charge in [0.15, 0.2) is 11.4 Å². The summed E-state index contributed by atoms with van der Waals surface area (Å²) in [6, 6.07) is 59.2. The Bertz CT molecular complexity index is 6840. The van der Waals surface area contributed by atoms with Crippen LogP contribution >= 0.6 is 193 Å². The van der Waals surface area contributed by atoms with Crippen LogP contribution in [-0.4, -0.2) is 79.6 Å². The number of amides is 7. The summed E-state index contributed by atoms with van der Waals surface area (Å²) in [5.41, 5.74) is 25.4. The van der Waals surface area contributed by atoms with Gasteiger partial charge in [-0.15, -0.1) is 0 Å². The van der Waals surface area contributed by atoms with E-state index in [0.29, 0.717) is 96.1 Å². The fraction of sp³-hybridized carbons (Fsp3) is 0.119. The van der Waals surface area contributed by atoms with Crippen molar-refractivity contribution in [3.63, 3.8) is 0 Å². The molecule has 0 spiro atoms. The van der Waals surface area contributed by atoms with Gasteiger partial charge in [-0.25, -0.2) is 9.64 Å². The van der Waals surface area contributed by atoms with E-state index in [2.05, 4.69) is 253 Å². The van der Waals surface area contributed by atoms with Crippen molar-refractivity contribution in [2.75, 3.05) is 59.5 Å². The number of rotatable bonds is 16. The van der Waals surface area contributed by atoms with Crippen LogP contribution in [-0.2, 0) is 28.7 Å². The summed E-state index contributed by atoms with van der Waals surface area (Å²) in [5.74, 6) is -0.634. The summed E-state index contributed by atoms with van der Waals surface area (Å²) in [6.45, 7) is 18.6. The van der Waals surface area contributed by atoms with Gasteiger partial charge >= 0.3 is 6.09 Å². The van der Waals surface area contributed by atoms with Gasteiger partial charge in [0, 0.05) is 149 Å². The molecule has 0 saturated heterocycles. The number of benzene rings is 11. The zero-order chi connectivity index (χ0) is 93.8. The van der Waals surface area contributed by atoms with Gasteiger partial charge in [0.25, 0.3) is 35.4 Å². The summed E-state index contributed by atoms with van der Waals surface area (Å²) >= 11 is 39.1. The molecular weight excluding hydrogens is 2460 g/mol. The van der Waals surface area contributed by atoms with Gasteiger partial charge in [-0.1, -0.05) is 184 Å². The van der Waals surface area contributed by atoms with Gasteiger partial charge < -0.3 is 51.8 Å². The molecule has 0 fully saturated rings. The highest BCUT2D eigenvalue weighted by molar-refractivity contribution is 14.1. The smallest absolute Gasteiger partial charge is 0.408 e. The van der Waals surface area contributed by atoms with Crippen LogP contribution in [0.4, 0.5) is 38.9 Å². The maximum Gasteiger partial charge on any atom is 0.412 e. The number of nitrogens with one attached hydrogen (secondary N) is 7. The third-order valence-electron chi connectivity index (χ3n) is 20.8. The number of carbonyl (C=O) groups is 7. The van der Waals surface area contributed by atoms with E-state index >= 15 is 0 Å². The van der Waals surface area contributed by atoms with E-state index in [4.69, 9.17) is 21.2 Å². The van der Waals surface area contributed by atoms with E-state index in [0.717, 1.165) is 152 Å². The van der Waals surface area contributed by atoms with Crippen molar-refractivity contribution in [3.05, 3.63) is 341 Å². The number of halogens is 11. The van der Waals surface area contributed by atoms with Crippen LogP contribution < -0.4 is 42.0 Å². The van der Waals surface area contributed by atoms with Gasteiger partial charge in [-0.05, 0) is 342 Å². The van der Waals surface area contributed by atoms with Crippen LogP contribution in [0.25, 0.3) is 85.3 Å². The highest BCUT2D eigenvalue weighted by atomic mass is 127. The summed E-state index contributed by atoms with van der Waals surface area (Å²) in [5, 5.41) is 42.0. The molecule has 132 heavy (non-hydrogen) atoms. The first-order valence-corrected chi connectivity index (χ1v) is 49.9. The molecule has 0 aliphatic carbocycles. The zero-order valence-electron chi connectivity index (χ0n) is 69.7. The molecule has 17 rings (SSSR count). The Labute approximate surface area is 864 Å². The third-order valence-corrected chi connectivity index (χ3v) is 29.9. The zero-order valence-corrected chi connectivity index (χ0v) is 88.5. The van der Waals surface area contributed by atoms with Crippen molar-refractivity contribution in [2.24, 2.45) is 0 Å². The van der Waals surface area contributed by atoms with Gasteiger partial charge in [-0.2, -0.15) is 16.6 Å². The van der Waals surface area contributed by atoms with Gasteiger partial charge in [0.2, 0.25) is 0 Å². The molecule has 5 aliphatic rings. The average Bonchev–Trinajstić information content (AvgIpc) is 1.65. The number of hydrogen-bond donors (Lipinski definition) is 8. The lowest BCUT2D eigenvalue weighted by Crippen LogP contribution is -2.30. The molecule has 1 aromatic heterocycles. The molecule has 5 aliphatic heterocycles. The molecule has 6 heterocycles. The maximum atomic E-state index is 12.6. The molecular formula is C101H76Br10IN9O10S. The van der Waals surface area contributed by atoms with Gasteiger partial charge in [0.1, 0.15) is 0 Å². The first kappa shape index (κ1) is 101. The number of anilines is 5. The highest BCUT2D eigenvalue weighted by Gasteiger charge is 2.31.